The summed E-state index contributed by atoms with van der Waals surface area (Å²) in [7, 11) is 0. The van der Waals surface area contributed by atoms with Crippen molar-refractivity contribution in [1.29, 1.82) is 0 Å². The minimum absolute atomic E-state index is 0.00509. The number of aromatic nitrogens is 3. The molecule has 0 radical (unpaired) electrons. The third-order valence-corrected chi connectivity index (χ3v) is 4.86. The first-order valence-electron chi connectivity index (χ1n) is 6.12. The molecular formula is C14H10Cl2FN3S. The van der Waals surface area contributed by atoms with E-state index in [1.807, 2.05) is 0 Å². The highest BCUT2D eigenvalue weighted by molar-refractivity contribution is 7.10. The summed E-state index contributed by atoms with van der Waals surface area (Å²) < 4.78 is 17.3. The minimum atomic E-state index is -1.79. The van der Waals surface area contributed by atoms with E-state index in [0.29, 0.717) is 20.5 Å². The van der Waals surface area contributed by atoms with Crippen molar-refractivity contribution in [2.24, 2.45) is 0 Å². The molecule has 3 aromatic rings. The summed E-state index contributed by atoms with van der Waals surface area (Å²) in [4.78, 5) is 0.446. The Labute approximate surface area is 134 Å². The van der Waals surface area contributed by atoms with E-state index in [1.54, 1.807) is 41.9 Å². The van der Waals surface area contributed by atoms with Crippen molar-refractivity contribution < 1.29 is 4.39 Å². The fourth-order valence-electron chi connectivity index (χ4n) is 2.12. The number of rotatable bonds is 4. The highest BCUT2D eigenvalue weighted by Crippen LogP contribution is 2.42. The normalized spacial score (nSPS) is 14.0. The molecule has 0 saturated heterocycles. The second-order valence-corrected chi connectivity index (χ2v) is 6.27. The van der Waals surface area contributed by atoms with E-state index in [2.05, 4.69) is 10.3 Å². The fourth-order valence-corrected chi connectivity index (χ4v) is 3.56. The topological polar surface area (TPSA) is 30.7 Å². The Morgan fingerprint density at radius 3 is 2.52 bits per heavy atom. The quantitative estimate of drug-likeness (QED) is 0.696. The summed E-state index contributed by atoms with van der Waals surface area (Å²) in [5.74, 6) is 0. The first kappa shape index (κ1) is 14.5. The van der Waals surface area contributed by atoms with Gasteiger partial charge in [-0.25, -0.2) is 9.07 Å². The largest absolute Gasteiger partial charge is 0.249 e. The summed E-state index contributed by atoms with van der Waals surface area (Å²) in [5.41, 5.74) is -1.31. The average molecular weight is 342 g/mol. The monoisotopic (exact) mass is 341 g/mol. The molecule has 0 aliphatic rings. The van der Waals surface area contributed by atoms with E-state index < -0.39 is 5.67 Å². The molecule has 1 unspecified atom stereocenters. The van der Waals surface area contributed by atoms with Gasteiger partial charge in [0.15, 0.2) is 5.67 Å². The molecule has 108 valence electrons. The Hall–Kier alpha value is -1.43. The van der Waals surface area contributed by atoms with Gasteiger partial charge in [0, 0.05) is 11.2 Å². The molecule has 2 aromatic heterocycles. The lowest BCUT2D eigenvalue weighted by Gasteiger charge is -2.25. The molecule has 0 fully saturated rings. The van der Waals surface area contributed by atoms with Crippen molar-refractivity contribution >= 4 is 34.5 Å². The SMILES string of the molecule is FC(Cn1ccnn1)(c1ccc(Cl)cc1)c1sccc1Cl. The van der Waals surface area contributed by atoms with Gasteiger partial charge in [-0.3, -0.25) is 0 Å². The molecule has 0 saturated carbocycles. The zero-order chi connectivity index (χ0) is 14.9. The van der Waals surface area contributed by atoms with Crippen LogP contribution in [-0.2, 0) is 12.2 Å². The van der Waals surface area contributed by atoms with Crippen LogP contribution in [0.1, 0.15) is 10.4 Å². The Morgan fingerprint density at radius 1 is 1.19 bits per heavy atom. The number of nitrogens with zero attached hydrogens (tertiary/aromatic N) is 3. The zero-order valence-electron chi connectivity index (χ0n) is 10.7. The lowest BCUT2D eigenvalue weighted by Crippen LogP contribution is -2.28. The van der Waals surface area contributed by atoms with Crippen molar-refractivity contribution in [1.82, 2.24) is 15.0 Å². The maximum absolute atomic E-state index is 15.8. The van der Waals surface area contributed by atoms with Crippen LogP contribution in [0.2, 0.25) is 10.0 Å². The van der Waals surface area contributed by atoms with Gasteiger partial charge in [0.2, 0.25) is 0 Å². The van der Waals surface area contributed by atoms with Crippen molar-refractivity contribution in [2.75, 3.05) is 0 Å². The van der Waals surface area contributed by atoms with Crippen LogP contribution in [0, 0.1) is 0 Å². The number of halogens is 3. The van der Waals surface area contributed by atoms with Crippen LogP contribution in [0.25, 0.3) is 0 Å². The number of hydrogen-bond acceptors (Lipinski definition) is 3. The number of alkyl halides is 1. The molecule has 1 aromatic carbocycles. The molecule has 7 heteroatoms. The third-order valence-electron chi connectivity index (χ3n) is 3.13. The molecule has 3 rings (SSSR count). The van der Waals surface area contributed by atoms with Gasteiger partial charge in [0.25, 0.3) is 0 Å². The van der Waals surface area contributed by atoms with Gasteiger partial charge >= 0.3 is 0 Å². The van der Waals surface area contributed by atoms with Crippen LogP contribution in [0.4, 0.5) is 4.39 Å². The predicted octanol–water partition coefficient (Wildman–Crippen LogP) is 4.56. The van der Waals surface area contributed by atoms with Gasteiger partial charge in [-0.1, -0.05) is 40.5 Å². The van der Waals surface area contributed by atoms with Crippen molar-refractivity contribution in [3.05, 3.63) is 68.6 Å². The molecule has 0 N–H and O–H groups in total. The van der Waals surface area contributed by atoms with Crippen LogP contribution < -0.4 is 0 Å². The van der Waals surface area contributed by atoms with Crippen LogP contribution in [-0.4, -0.2) is 15.0 Å². The van der Waals surface area contributed by atoms with E-state index >= 15 is 4.39 Å². The number of benzene rings is 1. The van der Waals surface area contributed by atoms with Crippen LogP contribution in [0.3, 0.4) is 0 Å². The van der Waals surface area contributed by atoms with Crippen LogP contribution in [0.5, 0.6) is 0 Å². The lowest BCUT2D eigenvalue weighted by atomic mass is 9.94. The Morgan fingerprint density at radius 2 is 1.95 bits per heavy atom. The summed E-state index contributed by atoms with van der Waals surface area (Å²) >= 11 is 13.3. The Bertz CT molecular complexity index is 727. The van der Waals surface area contributed by atoms with E-state index in [1.165, 1.54) is 22.2 Å². The van der Waals surface area contributed by atoms with Gasteiger partial charge in [-0.15, -0.1) is 16.4 Å². The lowest BCUT2D eigenvalue weighted by molar-refractivity contribution is 0.186. The smallest absolute Gasteiger partial charge is 0.191 e. The third kappa shape index (κ3) is 2.81. The fraction of sp³-hybridized carbons (Fsp3) is 0.143. The number of hydrogen-bond donors (Lipinski definition) is 0. The molecule has 0 bridgehead atoms. The summed E-state index contributed by atoms with van der Waals surface area (Å²) in [6.07, 6.45) is 3.13. The molecule has 0 amide bonds. The molecular weight excluding hydrogens is 332 g/mol. The zero-order valence-corrected chi connectivity index (χ0v) is 13.0. The second-order valence-electron chi connectivity index (χ2n) is 4.51. The van der Waals surface area contributed by atoms with Gasteiger partial charge in [0.05, 0.1) is 22.6 Å². The molecule has 1 atom stereocenters. The van der Waals surface area contributed by atoms with E-state index in [-0.39, 0.29) is 6.54 Å². The molecule has 0 spiro atoms. The molecule has 21 heavy (non-hydrogen) atoms. The van der Waals surface area contributed by atoms with Gasteiger partial charge in [0.1, 0.15) is 0 Å². The first-order chi connectivity index (χ1) is 10.1. The van der Waals surface area contributed by atoms with Gasteiger partial charge < -0.3 is 0 Å². The molecule has 0 aliphatic heterocycles. The highest BCUT2D eigenvalue weighted by atomic mass is 35.5. The maximum atomic E-state index is 15.8. The van der Waals surface area contributed by atoms with Crippen LogP contribution >= 0.6 is 34.5 Å². The molecule has 3 nitrogen and oxygen atoms in total. The van der Waals surface area contributed by atoms with Crippen molar-refractivity contribution in [3.63, 3.8) is 0 Å². The van der Waals surface area contributed by atoms with Crippen molar-refractivity contribution in [3.8, 4) is 0 Å². The first-order valence-corrected chi connectivity index (χ1v) is 7.76. The summed E-state index contributed by atoms with van der Waals surface area (Å²) in [5, 5.41) is 10.3. The maximum Gasteiger partial charge on any atom is 0.191 e. The summed E-state index contributed by atoms with van der Waals surface area (Å²) in [6.45, 7) is -0.00509. The van der Waals surface area contributed by atoms with E-state index in [0.717, 1.165) is 0 Å². The van der Waals surface area contributed by atoms with E-state index in [4.69, 9.17) is 23.2 Å². The van der Waals surface area contributed by atoms with Gasteiger partial charge in [-0.2, -0.15) is 0 Å². The van der Waals surface area contributed by atoms with Gasteiger partial charge in [-0.05, 0) is 29.1 Å². The predicted molar refractivity (Wildman–Crippen MR) is 82.7 cm³/mol. The Balaban J connectivity index is 2.10. The second kappa shape index (κ2) is 5.75. The number of thiophene rings is 1. The highest BCUT2D eigenvalue weighted by Gasteiger charge is 2.38. The van der Waals surface area contributed by atoms with E-state index in [9.17, 15) is 0 Å². The van der Waals surface area contributed by atoms with Crippen LogP contribution in [0.15, 0.2) is 48.1 Å². The van der Waals surface area contributed by atoms with Crippen molar-refractivity contribution in [2.45, 2.75) is 12.2 Å². The standard InChI is InChI=1S/C14H10Cl2FN3S/c15-11-3-1-10(2-4-11)14(17,9-20-7-6-18-19-20)13-12(16)5-8-21-13/h1-8H,9H2. The molecule has 2 heterocycles. The average Bonchev–Trinajstić information content (AvgIpc) is 3.11. The molecule has 0 aliphatic carbocycles. The minimum Gasteiger partial charge on any atom is -0.249 e. The summed E-state index contributed by atoms with van der Waals surface area (Å²) in [6, 6.07) is 8.33. The Kier molecular flexibility index (Phi) is 3.97.